The van der Waals surface area contributed by atoms with E-state index in [9.17, 15) is 8.78 Å². The lowest BCUT2D eigenvalue weighted by molar-refractivity contribution is 0.580. The second-order valence-corrected chi connectivity index (χ2v) is 4.05. The van der Waals surface area contributed by atoms with E-state index in [1.54, 1.807) is 6.92 Å². The highest BCUT2D eigenvalue weighted by Crippen LogP contribution is 2.15. The highest BCUT2D eigenvalue weighted by molar-refractivity contribution is 5.50. The number of nitrogens with zero attached hydrogens (tertiary/aromatic N) is 3. The van der Waals surface area contributed by atoms with Crippen molar-refractivity contribution in [1.82, 2.24) is 9.97 Å². The van der Waals surface area contributed by atoms with Crippen LogP contribution >= 0.6 is 0 Å². The molecule has 0 spiro atoms. The summed E-state index contributed by atoms with van der Waals surface area (Å²) in [6.07, 6.45) is 0.144. The Hall–Kier alpha value is -2.55. The van der Waals surface area contributed by atoms with Crippen LogP contribution in [0, 0.1) is 29.9 Å². The number of benzene rings is 1. The van der Waals surface area contributed by atoms with Crippen molar-refractivity contribution in [3.63, 3.8) is 0 Å². The van der Waals surface area contributed by atoms with E-state index in [1.807, 2.05) is 6.07 Å². The first-order valence-corrected chi connectivity index (χ1v) is 5.47. The maximum atomic E-state index is 13.1. The molecule has 0 saturated heterocycles. The highest BCUT2D eigenvalue weighted by Gasteiger charge is 2.10. The molecule has 2 rings (SSSR count). The Labute approximate surface area is 108 Å². The second-order valence-electron chi connectivity index (χ2n) is 4.05. The maximum Gasteiger partial charge on any atom is 0.145 e. The lowest BCUT2D eigenvalue weighted by atomic mass is 10.1. The van der Waals surface area contributed by atoms with Crippen molar-refractivity contribution >= 4 is 5.82 Å². The molecule has 96 valence electrons. The molecule has 0 fully saturated rings. The van der Waals surface area contributed by atoms with Gasteiger partial charge in [-0.3, -0.25) is 0 Å². The van der Waals surface area contributed by atoms with Crippen molar-refractivity contribution in [2.24, 2.45) is 0 Å². The van der Waals surface area contributed by atoms with Crippen LogP contribution in [0.4, 0.5) is 14.6 Å². The van der Waals surface area contributed by atoms with Crippen molar-refractivity contribution in [2.75, 3.05) is 5.73 Å². The third-order valence-corrected chi connectivity index (χ3v) is 2.56. The Balaban J connectivity index is 2.37. The Morgan fingerprint density at radius 1 is 1.21 bits per heavy atom. The van der Waals surface area contributed by atoms with E-state index in [2.05, 4.69) is 9.97 Å². The highest BCUT2D eigenvalue weighted by atomic mass is 19.1. The number of hydrogen-bond donors (Lipinski definition) is 1. The SMILES string of the molecule is Cc1nc(Cc2cc(F)cc(F)c2)nc(N)c1C#N. The molecule has 0 atom stereocenters. The number of aromatic nitrogens is 2. The molecule has 0 radical (unpaired) electrons. The van der Waals surface area contributed by atoms with Gasteiger partial charge in [0.2, 0.25) is 0 Å². The van der Waals surface area contributed by atoms with Crippen LogP contribution in [0.1, 0.15) is 22.6 Å². The zero-order valence-corrected chi connectivity index (χ0v) is 10.1. The third kappa shape index (κ3) is 2.83. The van der Waals surface area contributed by atoms with Crippen LogP contribution in [0.5, 0.6) is 0 Å². The van der Waals surface area contributed by atoms with E-state index in [0.717, 1.165) is 6.07 Å². The molecule has 1 aromatic carbocycles. The van der Waals surface area contributed by atoms with E-state index >= 15 is 0 Å². The number of hydrogen-bond acceptors (Lipinski definition) is 4. The molecule has 0 aliphatic heterocycles. The molecular formula is C13H10F2N4. The van der Waals surface area contributed by atoms with Gasteiger partial charge < -0.3 is 5.73 Å². The fourth-order valence-electron chi connectivity index (χ4n) is 1.77. The summed E-state index contributed by atoms with van der Waals surface area (Å²) in [6.45, 7) is 1.63. The molecule has 2 N–H and O–H groups in total. The van der Waals surface area contributed by atoms with E-state index in [-0.39, 0.29) is 17.8 Å². The normalized spacial score (nSPS) is 10.2. The molecular weight excluding hydrogens is 250 g/mol. The molecule has 1 heterocycles. The summed E-state index contributed by atoms with van der Waals surface area (Å²) in [5.41, 5.74) is 6.69. The maximum absolute atomic E-state index is 13.1. The first-order chi connectivity index (χ1) is 8.99. The quantitative estimate of drug-likeness (QED) is 0.897. The van der Waals surface area contributed by atoms with Gasteiger partial charge in [-0.1, -0.05) is 0 Å². The van der Waals surface area contributed by atoms with Gasteiger partial charge in [-0.25, -0.2) is 18.7 Å². The molecule has 19 heavy (non-hydrogen) atoms. The van der Waals surface area contributed by atoms with Gasteiger partial charge in [-0.15, -0.1) is 0 Å². The van der Waals surface area contributed by atoms with Gasteiger partial charge >= 0.3 is 0 Å². The Bertz CT molecular complexity index is 634. The number of halogens is 2. The van der Waals surface area contributed by atoms with Crippen molar-refractivity contribution in [3.05, 3.63) is 52.5 Å². The molecule has 0 aliphatic rings. The van der Waals surface area contributed by atoms with Gasteiger partial charge in [0, 0.05) is 12.5 Å². The smallest absolute Gasteiger partial charge is 0.145 e. The molecule has 0 amide bonds. The largest absolute Gasteiger partial charge is 0.382 e. The van der Waals surface area contributed by atoms with E-state index < -0.39 is 11.6 Å². The Kier molecular flexibility index (Phi) is 3.38. The summed E-state index contributed by atoms with van der Waals surface area (Å²) in [6, 6.07) is 5.11. The van der Waals surface area contributed by atoms with Gasteiger partial charge in [0.05, 0.1) is 5.69 Å². The van der Waals surface area contributed by atoms with E-state index in [0.29, 0.717) is 17.1 Å². The number of anilines is 1. The van der Waals surface area contributed by atoms with Crippen LogP contribution in [0.2, 0.25) is 0 Å². The van der Waals surface area contributed by atoms with Crippen LogP contribution in [0.3, 0.4) is 0 Å². The molecule has 4 nitrogen and oxygen atoms in total. The lowest BCUT2D eigenvalue weighted by Gasteiger charge is -2.06. The summed E-state index contributed by atoms with van der Waals surface area (Å²) in [7, 11) is 0. The molecule has 0 saturated carbocycles. The fourth-order valence-corrected chi connectivity index (χ4v) is 1.77. The lowest BCUT2D eigenvalue weighted by Crippen LogP contribution is -2.06. The Morgan fingerprint density at radius 2 is 1.84 bits per heavy atom. The number of nitriles is 1. The third-order valence-electron chi connectivity index (χ3n) is 2.56. The fraction of sp³-hybridized carbons (Fsp3) is 0.154. The van der Waals surface area contributed by atoms with Crippen LogP contribution in [0.15, 0.2) is 18.2 Å². The first kappa shape index (κ1) is 12.9. The first-order valence-electron chi connectivity index (χ1n) is 5.47. The molecule has 0 aliphatic carbocycles. The topological polar surface area (TPSA) is 75.6 Å². The number of aryl methyl sites for hydroxylation is 1. The van der Waals surface area contributed by atoms with Gasteiger partial charge in [-0.05, 0) is 24.6 Å². The monoisotopic (exact) mass is 260 g/mol. The van der Waals surface area contributed by atoms with Crippen LogP contribution in [-0.4, -0.2) is 9.97 Å². The summed E-state index contributed by atoms with van der Waals surface area (Å²) >= 11 is 0. The summed E-state index contributed by atoms with van der Waals surface area (Å²) in [5.74, 6) is -0.928. The molecule has 0 unspecified atom stereocenters. The summed E-state index contributed by atoms with van der Waals surface area (Å²) in [4.78, 5) is 8.06. The minimum Gasteiger partial charge on any atom is -0.382 e. The van der Waals surface area contributed by atoms with Crippen LogP contribution in [0.25, 0.3) is 0 Å². The van der Waals surface area contributed by atoms with E-state index in [4.69, 9.17) is 11.0 Å². The number of nitrogen functional groups attached to an aromatic ring is 1. The zero-order chi connectivity index (χ0) is 14.0. The number of rotatable bonds is 2. The molecule has 2 aromatic rings. The van der Waals surface area contributed by atoms with Crippen molar-refractivity contribution in [3.8, 4) is 6.07 Å². The van der Waals surface area contributed by atoms with Gasteiger partial charge in [0.15, 0.2) is 0 Å². The number of nitrogens with two attached hydrogens (primary N) is 1. The van der Waals surface area contributed by atoms with Crippen molar-refractivity contribution in [2.45, 2.75) is 13.3 Å². The zero-order valence-electron chi connectivity index (χ0n) is 10.1. The van der Waals surface area contributed by atoms with Crippen molar-refractivity contribution < 1.29 is 8.78 Å². The minimum absolute atomic E-state index is 0.0712. The predicted octanol–water partition coefficient (Wildman–Crippen LogP) is 2.11. The van der Waals surface area contributed by atoms with Gasteiger partial charge in [-0.2, -0.15) is 5.26 Å². The van der Waals surface area contributed by atoms with Gasteiger partial charge in [0.25, 0.3) is 0 Å². The Morgan fingerprint density at radius 3 is 2.37 bits per heavy atom. The van der Waals surface area contributed by atoms with Crippen molar-refractivity contribution in [1.29, 1.82) is 5.26 Å². The van der Waals surface area contributed by atoms with E-state index in [1.165, 1.54) is 12.1 Å². The molecule has 0 bridgehead atoms. The summed E-state index contributed by atoms with van der Waals surface area (Å²) < 4.78 is 26.1. The molecule has 1 aromatic heterocycles. The van der Waals surface area contributed by atoms with Crippen LogP contribution < -0.4 is 5.73 Å². The molecule has 6 heteroatoms. The average Bonchev–Trinajstić information content (AvgIpc) is 2.26. The average molecular weight is 260 g/mol. The van der Waals surface area contributed by atoms with Gasteiger partial charge in [0.1, 0.15) is 34.9 Å². The second kappa shape index (κ2) is 4.98. The van der Waals surface area contributed by atoms with Crippen LogP contribution in [-0.2, 0) is 6.42 Å². The standard InChI is InChI=1S/C13H10F2N4/c1-7-11(6-16)13(17)19-12(18-7)4-8-2-9(14)5-10(15)3-8/h2-3,5H,4H2,1H3,(H2,17,18,19). The summed E-state index contributed by atoms with van der Waals surface area (Å²) in [5, 5.41) is 8.84. The predicted molar refractivity (Wildman–Crippen MR) is 65.1 cm³/mol. The minimum atomic E-state index is -0.659.